The number of methoxy groups -OCH3 is 1. The molecule has 130 valence electrons. The monoisotopic (exact) mass is 391 g/mol. The van der Waals surface area contributed by atoms with Gasteiger partial charge in [0, 0.05) is 6.54 Å². The third kappa shape index (κ3) is 6.41. The Morgan fingerprint density at radius 3 is 2.57 bits per heavy atom. The Kier molecular flexibility index (Phi) is 9.91. The van der Waals surface area contributed by atoms with Crippen LogP contribution in [0.4, 0.5) is 5.69 Å². The van der Waals surface area contributed by atoms with Gasteiger partial charge in [0.05, 0.1) is 23.7 Å². The molecule has 1 aromatic rings. The molecule has 0 fully saturated rings. The zero-order valence-electron chi connectivity index (χ0n) is 12.9. The molecule has 0 spiro atoms. The number of nitro benzene ring substituents is 1. The Hall–Kier alpha value is -1.87. The first-order chi connectivity index (χ1) is 10.5. The third-order valence-corrected chi connectivity index (χ3v) is 3.16. The van der Waals surface area contributed by atoms with E-state index in [-0.39, 0.29) is 28.3 Å². The molecular formula is C14H22BrN3O5. The predicted octanol–water partition coefficient (Wildman–Crippen LogP) is 2.14. The summed E-state index contributed by atoms with van der Waals surface area (Å²) in [6.45, 7) is 1.07. The molecule has 1 aromatic carbocycles. The quantitative estimate of drug-likeness (QED) is 0.336. The number of nitrogens with two attached hydrogens (primary N) is 1. The van der Waals surface area contributed by atoms with Crippen molar-refractivity contribution in [1.29, 1.82) is 0 Å². The average molecular weight is 392 g/mol. The zero-order valence-corrected chi connectivity index (χ0v) is 14.6. The number of hydrogen-bond acceptors (Lipinski definition) is 6. The van der Waals surface area contributed by atoms with Crippen LogP contribution in [-0.2, 0) is 0 Å². The van der Waals surface area contributed by atoms with Crippen molar-refractivity contribution in [2.75, 3.05) is 20.2 Å². The van der Waals surface area contributed by atoms with E-state index in [1.807, 2.05) is 0 Å². The highest BCUT2D eigenvalue weighted by atomic mass is 79.9. The van der Waals surface area contributed by atoms with E-state index in [0.717, 1.165) is 31.7 Å². The van der Waals surface area contributed by atoms with Crippen LogP contribution >= 0.6 is 17.0 Å². The smallest absolute Gasteiger partial charge is 0.315 e. The summed E-state index contributed by atoms with van der Waals surface area (Å²) in [6.07, 6.45) is 3.64. The Labute approximate surface area is 144 Å². The van der Waals surface area contributed by atoms with Gasteiger partial charge in [-0.1, -0.05) is 12.8 Å². The maximum atomic E-state index is 12.0. The standard InChI is InChI=1S/C14H21N3O5.BrH/c1-22-10-8-11(13(18)12(9-10)17(20)21)14(19)16-7-5-3-2-4-6-15;/h8-9,18H,2-7,15H2,1H3,(H,16,19);1H. The fourth-order valence-corrected chi connectivity index (χ4v) is 1.94. The number of amides is 1. The van der Waals surface area contributed by atoms with Crippen LogP contribution in [0.25, 0.3) is 0 Å². The fourth-order valence-electron chi connectivity index (χ4n) is 1.94. The summed E-state index contributed by atoms with van der Waals surface area (Å²) < 4.78 is 4.91. The average Bonchev–Trinajstić information content (AvgIpc) is 2.50. The van der Waals surface area contributed by atoms with Crippen LogP contribution in [0, 0.1) is 10.1 Å². The van der Waals surface area contributed by atoms with Crippen LogP contribution in [0.1, 0.15) is 36.0 Å². The lowest BCUT2D eigenvalue weighted by Gasteiger charge is -2.09. The minimum absolute atomic E-state index is 0. The molecule has 23 heavy (non-hydrogen) atoms. The van der Waals surface area contributed by atoms with Gasteiger partial charge < -0.3 is 20.9 Å². The van der Waals surface area contributed by atoms with Gasteiger partial charge in [0.1, 0.15) is 5.75 Å². The third-order valence-electron chi connectivity index (χ3n) is 3.16. The Morgan fingerprint density at radius 1 is 1.35 bits per heavy atom. The number of benzene rings is 1. The highest BCUT2D eigenvalue weighted by Crippen LogP contribution is 2.34. The van der Waals surface area contributed by atoms with Crippen molar-refractivity contribution in [3.8, 4) is 11.5 Å². The zero-order chi connectivity index (χ0) is 16.5. The molecule has 1 amide bonds. The molecule has 4 N–H and O–H groups in total. The summed E-state index contributed by atoms with van der Waals surface area (Å²) in [5.41, 5.74) is 4.65. The molecule has 0 atom stereocenters. The van der Waals surface area contributed by atoms with E-state index in [9.17, 15) is 20.0 Å². The normalized spacial score (nSPS) is 9.83. The second kappa shape index (κ2) is 10.8. The van der Waals surface area contributed by atoms with Crippen molar-refractivity contribution in [3.05, 3.63) is 27.8 Å². The van der Waals surface area contributed by atoms with E-state index < -0.39 is 22.3 Å². The van der Waals surface area contributed by atoms with Gasteiger partial charge in [0.25, 0.3) is 5.91 Å². The van der Waals surface area contributed by atoms with Crippen LogP contribution in [0.3, 0.4) is 0 Å². The van der Waals surface area contributed by atoms with Gasteiger partial charge in [-0.3, -0.25) is 14.9 Å². The molecule has 0 saturated carbocycles. The SMILES string of the molecule is Br.COc1cc(C(=O)NCCCCCCN)c(O)c([N+](=O)[O-])c1. The number of ether oxygens (including phenoxy) is 1. The number of rotatable bonds is 9. The first-order valence-corrected chi connectivity index (χ1v) is 7.05. The van der Waals surface area contributed by atoms with Gasteiger partial charge in [0.2, 0.25) is 5.75 Å². The van der Waals surface area contributed by atoms with Gasteiger partial charge in [-0.2, -0.15) is 0 Å². The predicted molar refractivity (Wildman–Crippen MR) is 91.5 cm³/mol. The molecule has 0 aliphatic carbocycles. The Bertz CT molecular complexity index is 539. The lowest BCUT2D eigenvalue weighted by Crippen LogP contribution is -2.24. The number of nitrogens with zero attached hydrogens (tertiary/aromatic N) is 1. The van der Waals surface area contributed by atoms with E-state index in [1.54, 1.807) is 0 Å². The molecule has 0 aromatic heterocycles. The molecule has 0 unspecified atom stereocenters. The molecule has 0 radical (unpaired) electrons. The summed E-state index contributed by atoms with van der Waals surface area (Å²) >= 11 is 0. The first kappa shape index (κ1) is 21.1. The van der Waals surface area contributed by atoms with Gasteiger partial charge in [-0.05, 0) is 25.5 Å². The molecular weight excluding hydrogens is 370 g/mol. The topological polar surface area (TPSA) is 128 Å². The number of nitrogens with one attached hydrogen (secondary N) is 1. The van der Waals surface area contributed by atoms with Crippen molar-refractivity contribution < 1.29 is 19.6 Å². The van der Waals surface area contributed by atoms with Gasteiger partial charge in [-0.25, -0.2) is 0 Å². The number of unbranched alkanes of at least 4 members (excludes halogenated alkanes) is 3. The maximum absolute atomic E-state index is 12.0. The maximum Gasteiger partial charge on any atom is 0.315 e. The lowest BCUT2D eigenvalue weighted by atomic mass is 10.1. The molecule has 0 heterocycles. The number of aromatic hydroxyl groups is 1. The summed E-state index contributed by atoms with van der Waals surface area (Å²) in [5, 5.41) is 23.3. The minimum atomic E-state index is -0.762. The number of nitro groups is 1. The number of carbonyl (C=O) groups is 1. The highest BCUT2D eigenvalue weighted by Gasteiger charge is 2.23. The van der Waals surface area contributed by atoms with Gasteiger partial charge >= 0.3 is 5.69 Å². The molecule has 9 heteroatoms. The summed E-state index contributed by atoms with van der Waals surface area (Å²) in [6, 6.07) is 2.34. The van der Waals surface area contributed by atoms with Crippen LogP contribution < -0.4 is 15.8 Å². The van der Waals surface area contributed by atoms with Crippen molar-refractivity contribution >= 4 is 28.6 Å². The van der Waals surface area contributed by atoms with Gasteiger partial charge in [0.15, 0.2) is 0 Å². The fraction of sp³-hybridized carbons (Fsp3) is 0.500. The van der Waals surface area contributed by atoms with Crippen molar-refractivity contribution in [2.24, 2.45) is 5.73 Å². The molecule has 8 nitrogen and oxygen atoms in total. The van der Waals surface area contributed by atoms with E-state index in [0.29, 0.717) is 13.1 Å². The summed E-state index contributed by atoms with van der Waals surface area (Å²) in [4.78, 5) is 22.1. The molecule has 1 rings (SSSR count). The second-order valence-corrected chi connectivity index (χ2v) is 4.76. The summed E-state index contributed by atoms with van der Waals surface area (Å²) in [7, 11) is 1.33. The van der Waals surface area contributed by atoms with Gasteiger partial charge in [-0.15, -0.1) is 17.0 Å². The Morgan fingerprint density at radius 2 is 2.00 bits per heavy atom. The molecule has 0 aliphatic heterocycles. The van der Waals surface area contributed by atoms with Crippen molar-refractivity contribution in [3.63, 3.8) is 0 Å². The lowest BCUT2D eigenvalue weighted by molar-refractivity contribution is -0.386. The second-order valence-electron chi connectivity index (χ2n) is 4.76. The van der Waals surface area contributed by atoms with Crippen LogP contribution in [-0.4, -0.2) is 36.1 Å². The molecule has 0 aliphatic rings. The largest absolute Gasteiger partial charge is 0.502 e. The highest BCUT2D eigenvalue weighted by molar-refractivity contribution is 8.93. The van der Waals surface area contributed by atoms with E-state index in [4.69, 9.17) is 10.5 Å². The number of halogens is 1. The molecule has 0 bridgehead atoms. The van der Waals surface area contributed by atoms with Crippen LogP contribution in [0.2, 0.25) is 0 Å². The first-order valence-electron chi connectivity index (χ1n) is 7.05. The number of phenols is 1. The number of hydrogen-bond donors (Lipinski definition) is 3. The van der Waals surface area contributed by atoms with E-state index in [2.05, 4.69) is 5.32 Å². The van der Waals surface area contributed by atoms with E-state index >= 15 is 0 Å². The van der Waals surface area contributed by atoms with Crippen molar-refractivity contribution in [1.82, 2.24) is 5.32 Å². The van der Waals surface area contributed by atoms with E-state index in [1.165, 1.54) is 13.2 Å². The number of carbonyl (C=O) groups excluding carboxylic acids is 1. The number of phenolic OH excluding ortho intramolecular Hbond substituents is 1. The van der Waals surface area contributed by atoms with Crippen molar-refractivity contribution in [2.45, 2.75) is 25.7 Å². The summed E-state index contributed by atoms with van der Waals surface area (Å²) in [5.74, 6) is -1.10. The van der Waals surface area contributed by atoms with Crippen LogP contribution in [0.15, 0.2) is 12.1 Å². The minimum Gasteiger partial charge on any atom is -0.502 e. The van der Waals surface area contributed by atoms with Crippen LogP contribution in [0.5, 0.6) is 11.5 Å². The molecule has 0 saturated heterocycles. The Balaban J connectivity index is 0.00000484.